The number of anilines is 1. The fourth-order valence-corrected chi connectivity index (χ4v) is 2.29. The van der Waals surface area contributed by atoms with Crippen molar-refractivity contribution in [3.8, 4) is 5.69 Å². The van der Waals surface area contributed by atoms with Crippen molar-refractivity contribution in [2.45, 2.75) is 19.9 Å². The Morgan fingerprint density at radius 1 is 1.31 bits per heavy atom. The molecule has 3 nitrogen and oxygen atoms in total. The Kier molecular flexibility index (Phi) is 1.99. The summed E-state index contributed by atoms with van der Waals surface area (Å²) in [7, 11) is 0. The minimum Gasteiger partial charge on any atom is -0.375 e. The molecular weight excluding hydrogens is 198 g/mol. The Balaban J connectivity index is 2.19. The summed E-state index contributed by atoms with van der Waals surface area (Å²) in [4.78, 5) is 4.26. The van der Waals surface area contributed by atoms with Gasteiger partial charge >= 0.3 is 0 Å². The molecular formula is C13H15N3. The van der Waals surface area contributed by atoms with Gasteiger partial charge in [0.25, 0.3) is 0 Å². The second-order valence-corrected chi connectivity index (χ2v) is 4.57. The molecule has 0 amide bonds. The number of imidazole rings is 1. The van der Waals surface area contributed by atoms with Gasteiger partial charge in [0.1, 0.15) is 0 Å². The van der Waals surface area contributed by atoms with E-state index in [1.54, 1.807) is 0 Å². The Hall–Kier alpha value is -1.77. The predicted octanol–water partition coefficient (Wildman–Crippen LogP) is 2.99. The van der Waals surface area contributed by atoms with Crippen molar-refractivity contribution in [1.82, 2.24) is 9.55 Å². The van der Waals surface area contributed by atoms with E-state index < -0.39 is 0 Å². The Bertz CT molecular complexity index is 513. The minimum atomic E-state index is 0.345. The normalized spacial score (nSPS) is 17.8. The maximum Gasteiger partial charge on any atom is 0.0995 e. The zero-order chi connectivity index (χ0) is 11.1. The van der Waals surface area contributed by atoms with Crippen LogP contribution in [0.2, 0.25) is 0 Å². The number of nitrogens with one attached hydrogen (secondary N) is 1. The zero-order valence-corrected chi connectivity index (χ0v) is 9.51. The van der Waals surface area contributed by atoms with Crippen molar-refractivity contribution in [2.75, 3.05) is 5.32 Å². The van der Waals surface area contributed by atoms with Gasteiger partial charge in [-0.2, -0.15) is 0 Å². The maximum atomic E-state index is 4.26. The van der Waals surface area contributed by atoms with Crippen LogP contribution >= 0.6 is 0 Å². The molecule has 3 heteroatoms. The third-order valence-corrected chi connectivity index (χ3v) is 3.13. The molecule has 0 saturated carbocycles. The highest BCUT2D eigenvalue weighted by Crippen LogP contribution is 2.35. The molecule has 0 saturated heterocycles. The first-order valence-corrected chi connectivity index (χ1v) is 5.65. The molecule has 2 heterocycles. The lowest BCUT2D eigenvalue weighted by Gasteiger charge is -2.31. The van der Waals surface area contributed by atoms with E-state index in [1.165, 1.54) is 17.1 Å². The summed E-state index contributed by atoms with van der Waals surface area (Å²) in [5.41, 5.74) is 3.62. The number of benzene rings is 1. The van der Waals surface area contributed by atoms with Gasteiger partial charge in [-0.1, -0.05) is 26.0 Å². The van der Waals surface area contributed by atoms with E-state index in [-0.39, 0.29) is 0 Å². The van der Waals surface area contributed by atoms with Crippen molar-refractivity contribution in [3.05, 3.63) is 42.5 Å². The third kappa shape index (κ3) is 1.24. The Morgan fingerprint density at radius 2 is 2.12 bits per heavy atom. The Morgan fingerprint density at radius 3 is 2.94 bits per heavy atom. The topological polar surface area (TPSA) is 29.9 Å². The van der Waals surface area contributed by atoms with Gasteiger partial charge in [0, 0.05) is 0 Å². The second kappa shape index (κ2) is 3.37. The zero-order valence-electron chi connectivity index (χ0n) is 9.51. The van der Waals surface area contributed by atoms with E-state index in [0.717, 1.165) is 0 Å². The number of para-hydroxylation sites is 2. The summed E-state index contributed by atoms with van der Waals surface area (Å²) >= 11 is 0. The second-order valence-electron chi connectivity index (χ2n) is 4.57. The highest BCUT2D eigenvalue weighted by molar-refractivity contribution is 5.65. The lowest BCUT2D eigenvalue weighted by molar-refractivity contribution is 0.520. The summed E-state index contributed by atoms with van der Waals surface area (Å²) in [6.45, 7) is 4.45. The van der Waals surface area contributed by atoms with Crippen LogP contribution in [0, 0.1) is 5.92 Å². The van der Waals surface area contributed by atoms with Crippen LogP contribution in [-0.4, -0.2) is 9.55 Å². The average molecular weight is 213 g/mol. The number of hydrogen-bond donors (Lipinski definition) is 1. The van der Waals surface area contributed by atoms with Crippen LogP contribution in [0.25, 0.3) is 5.69 Å². The van der Waals surface area contributed by atoms with Gasteiger partial charge in [0.05, 0.1) is 35.6 Å². The molecule has 0 spiro atoms. The quantitative estimate of drug-likeness (QED) is 0.789. The van der Waals surface area contributed by atoms with E-state index in [0.29, 0.717) is 12.0 Å². The summed E-state index contributed by atoms with van der Waals surface area (Å²) in [6.07, 6.45) is 3.85. The molecule has 3 rings (SSSR count). The molecule has 0 aliphatic carbocycles. The van der Waals surface area contributed by atoms with Crippen LogP contribution in [0.5, 0.6) is 0 Å². The van der Waals surface area contributed by atoms with Crippen LogP contribution in [0.3, 0.4) is 0 Å². The molecule has 1 atom stereocenters. The lowest BCUT2D eigenvalue weighted by atomic mass is 9.98. The first-order chi connectivity index (χ1) is 7.77. The molecule has 0 fully saturated rings. The van der Waals surface area contributed by atoms with Crippen LogP contribution in [0.15, 0.2) is 36.8 Å². The predicted molar refractivity (Wildman–Crippen MR) is 64.8 cm³/mol. The number of aromatic nitrogens is 2. The monoisotopic (exact) mass is 213 g/mol. The van der Waals surface area contributed by atoms with Gasteiger partial charge in [-0.15, -0.1) is 0 Å². The van der Waals surface area contributed by atoms with Crippen LogP contribution < -0.4 is 5.32 Å². The third-order valence-electron chi connectivity index (χ3n) is 3.13. The van der Waals surface area contributed by atoms with Gasteiger partial charge in [-0.3, -0.25) is 4.57 Å². The molecule has 1 aromatic heterocycles. The van der Waals surface area contributed by atoms with E-state index >= 15 is 0 Å². The summed E-state index contributed by atoms with van der Waals surface area (Å²) in [5, 5.41) is 3.58. The molecule has 1 aliphatic rings. The van der Waals surface area contributed by atoms with Gasteiger partial charge in [-0.25, -0.2) is 4.98 Å². The van der Waals surface area contributed by atoms with E-state index in [2.05, 4.69) is 53.0 Å². The van der Waals surface area contributed by atoms with Crippen LogP contribution in [0.4, 0.5) is 5.69 Å². The smallest absolute Gasteiger partial charge is 0.0995 e. The van der Waals surface area contributed by atoms with Crippen molar-refractivity contribution < 1.29 is 0 Å². The molecule has 1 aliphatic heterocycles. The van der Waals surface area contributed by atoms with Crippen LogP contribution in [-0.2, 0) is 0 Å². The molecule has 2 aromatic rings. The van der Waals surface area contributed by atoms with E-state index in [4.69, 9.17) is 0 Å². The van der Waals surface area contributed by atoms with E-state index in [1.807, 2.05) is 12.5 Å². The molecule has 1 unspecified atom stereocenters. The Labute approximate surface area is 95.1 Å². The van der Waals surface area contributed by atoms with Gasteiger partial charge in [-0.05, 0) is 18.1 Å². The number of nitrogens with zero attached hydrogens (tertiary/aromatic N) is 2. The lowest BCUT2D eigenvalue weighted by Crippen LogP contribution is -2.24. The standard InChI is InChI=1S/C13H15N3/c1-9(2)13-12-7-14-8-16(12)11-6-4-3-5-10(11)15-13/h3-9,13,15H,1-2H3. The largest absolute Gasteiger partial charge is 0.375 e. The van der Waals surface area contributed by atoms with Crippen LogP contribution in [0.1, 0.15) is 25.6 Å². The summed E-state index contributed by atoms with van der Waals surface area (Å²) < 4.78 is 2.18. The van der Waals surface area contributed by atoms with Crippen molar-refractivity contribution in [1.29, 1.82) is 0 Å². The van der Waals surface area contributed by atoms with Crippen molar-refractivity contribution >= 4 is 5.69 Å². The average Bonchev–Trinajstić information content (AvgIpc) is 2.76. The fourth-order valence-electron chi connectivity index (χ4n) is 2.29. The highest BCUT2D eigenvalue weighted by Gasteiger charge is 2.25. The molecule has 1 N–H and O–H groups in total. The first-order valence-electron chi connectivity index (χ1n) is 5.65. The molecule has 16 heavy (non-hydrogen) atoms. The minimum absolute atomic E-state index is 0.345. The maximum absolute atomic E-state index is 4.26. The number of fused-ring (bicyclic) bond motifs is 3. The summed E-state index contributed by atoms with van der Waals surface area (Å²) in [5.74, 6) is 0.545. The molecule has 0 bridgehead atoms. The van der Waals surface area contributed by atoms with Gasteiger partial charge in [0.2, 0.25) is 0 Å². The van der Waals surface area contributed by atoms with Gasteiger partial charge < -0.3 is 5.32 Å². The summed E-state index contributed by atoms with van der Waals surface area (Å²) in [6, 6.07) is 8.69. The van der Waals surface area contributed by atoms with E-state index in [9.17, 15) is 0 Å². The first kappa shape index (κ1) is 9.46. The molecule has 1 aromatic carbocycles. The number of rotatable bonds is 1. The van der Waals surface area contributed by atoms with Gasteiger partial charge in [0.15, 0.2) is 0 Å². The SMILES string of the molecule is CC(C)C1Nc2ccccc2-n2cncc21. The highest BCUT2D eigenvalue weighted by atomic mass is 15.1. The van der Waals surface area contributed by atoms with Crippen molar-refractivity contribution in [3.63, 3.8) is 0 Å². The number of hydrogen-bond acceptors (Lipinski definition) is 2. The van der Waals surface area contributed by atoms with Crippen molar-refractivity contribution in [2.24, 2.45) is 5.92 Å². The fraction of sp³-hybridized carbons (Fsp3) is 0.308. The molecule has 82 valence electrons. The molecule has 0 radical (unpaired) electrons.